The lowest BCUT2D eigenvalue weighted by atomic mass is 9.92. The summed E-state index contributed by atoms with van der Waals surface area (Å²) in [6, 6.07) is 2.25. The van der Waals surface area contributed by atoms with Crippen molar-refractivity contribution in [2.75, 3.05) is 26.3 Å². The molecule has 1 unspecified atom stereocenters. The zero-order valence-electron chi connectivity index (χ0n) is 16.6. The van der Waals surface area contributed by atoms with Crippen LogP contribution in [-0.2, 0) is 14.3 Å². The summed E-state index contributed by atoms with van der Waals surface area (Å²) in [5, 5.41) is 2.87. The zero-order valence-corrected chi connectivity index (χ0v) is 16.6. The fourth-order valence-electron chi connectivity index (χ4n) is 3.80. The van der Waals surface area contributed by atoms with Crippen molar-refractivity contribution >= 4 is 5.91 Å². The summed E-state index contributed by atoms with van der Waals surface area (Å²) in [7, 11) is 0. The molecule has 156 valence electrons. The molecular formula is C20H29F2N3O3. The number of carbonyl (C=O) groups is 1. The second kappa shape index (κ2) is 8.41. The van der Waals surface area contributed by atoms with Crippen molar-refractivity contribution in [2.45, 2.75) is 57.0 Å². The smallest absolute Gasteiger partial charge is 0.239 e. The number of amides is 1. The van der Waals surface area contributed by atoms with Crippen molar-refractivity contribution in [2.24, 2.45) is 5.73 Å². The molecule has 3 N–H and O–H groups in total. The molecule has 1 amide bonds. The number of nitrogens with two attached hydrogens (primary N) is 1. The SMILES string of the molecule is CC(C)(C)OC[C@@H]1C(=O)NCCN1[C@H]1COC(c2cc(F)ccc2F)[C@@H](N)C1. The van der Waals surface area contributed by atoms with E-state index in [4.69, 9.17) is 15.2 Å². The first-order valence-corrected chi connectivity index (χ1v) is 9.65. The summed E-state index contributed by atoms with van der Waals surface area (Å²) in [6.45, 7) is 7.57. The van der Waals surface area contributed by atoms with E-state index in [-0.39, 0.29) is 36.3 Å². The maximum absolute atomic E-state index is 14.1. The minimum absolute atomic E-state index is 0.0811. The number of piperazine rings is 1. The van der Waals surface area contributed by atoms with Crippen molar-refractivity contribution in [1.29, 1.82) is 0 Å². The molecule has 0 radical (unpaired) electrons. The van der Waals surface area contributed by atoms with E-state index in [1.807, 2.05) is 20.8 Å². The number of halogens is 2. The molecule has 2 heterocycles. The molecule has 6 nitrogen and oxygen atoms in total. The number of rotatable bonds is 4. The number of hydrogen-bond acceptors (Lipinski definition) is 5. The molecule has 4 atom stereocenters. The van der Waals surface area contributed by atoms with Crippen LogP contribution < -0.4 is 11.1 Å². The first kappa shape index (κ1) is 21.1. The number of hydrogen-bond donors (Lipinski definition) is 2. The Morgan fingerprint density at radius 3 is 2.79 bits per heavy atom. The number of benzene rings is 1. The van der Waals surface area contributed by atoms with Gasteiger partial charge in [0, 0.05) is 30.7 Å². The Labute approximate surface area is 164 Å². The minimum Gasteiger partial charge on any atom is -0.374 e. The lowest BCUT2D eigenvalue weighted by molar-refractivity contribution is -0.141. The van der Waals surface area contributed by atoms with Crippen LogP contribution in [0.5, 0.6) is 0 Å². The monoisotopic (exact) mass is 397 g/mol. The van der Waals surface area contributed by atoms with Gasteiger partial charge in [0.25, 0.3) is 0 Å². The first-order valence-electron chi connectivity index (χ1n) is 9.65. The Hall–Kier alpha value is -1.61. The van der Waals surface area contributed by atoms with E-state index in [1.165, 1.54) is 0 Å². The largest absolute Gasteiger partial charge is 0.374 e. The van der Waals surface area contributed by atoms with Gasteiger partial charge in [0.2, 0.25) is 5.91 Å². The summed E-state index contributed by atoms with van der Waals surface area (Å²) < 4.78 is 39.4. The Bertz CT molecular complexity index is 710. The van der Waals surface area contributed by atoms with Gasteiger partial charge in [-0.1, -0.05) is 0 Å². The first-order chi connectivity index (χ1) is 13.2. The molecule has 0 aliphatic carbocycles. The van der Waals surface area contributed by atoms with Crippen molar-refractivity contribution in [3.8, 4) is 0 Å². The quantitative estimate of drug-likeness (QED) is 0.809. The molecule has 2 fully saturated rings. The minimum atomic E-state index is -0.713. The zero-order chi connectivity index (χ0) is 20.5. The Morgan fingerprint density at radius 2 is 2.11 bits per heavy atom. The Morgan fingerprint density at radius 1 is 1.36 bits per heavy atom. The number of carbonyl (C=O) groups excluding carboxylic acids is 1. The van der Waals surface area contributed by atoms with Gasteiger partial charge >= 0.3 is 0 Å². The molecular weight excluding hydrogens is 368 g/mol. The van der Waals surface area contributed by atoms with E-state index in [1.54, 1.807) is 0 Å². The normalized spacial score (nSPS) is 29.6. The molecule has 0 saturated carbocycles. The third-order valence-corrected chi connectivity index (χ3v) is 5.18. The molecule has 2 aliphatic rings. The second-order valence-electron chi connectivity index (χ2n) is 8.44. The summed E-state index contributed by atoms with van der Waals surface area (Å²) >= 11 is 0. The predicted octanol–water partition coefficient (Wildman–Crippen LogP) is 1.74. The van der Waals surface area contributed by atoms with Gasteiger partial charge in [-0.25, -0.2) is 8.78 Å². The van der Waals surface area contributed by atoms with Crippen LogP contribution in [0.2, 0.25) is 0 Å². The Balaban J connectivity index is 1.70. The summed E-state index contributed by atoms with van der Waals surface area (Å²) in [5.74, 6) is -1.14. The Kier molecular flexibility index (Phi) is 6.34. The van der Waals surface area contributed by atoms with E-state index in [9.17, 15) is 13.6 Å². The van der Waals surface area contributed by atoms with E-state index < -0.39 is 29.8 Å². The van der Waals surface area contributed by atoms with Crippen LogP contribution in [-0.4, -0.2) is 60.8 Å². The van der Waals surface area contributed by atoms with E-state index in [0.717, 1.165) is 18.2 Å². The predicted molar refractivity (Wildman–Crippen MR) is 101 cm³/mol. The summed E-state index contributed by atoms with van der Waals surface area (Å²) in [4.78, 5) is 14.5. The molecule has 0 bridgehead atoms. The van der Waals surface area contributed by atoms with Crippen LogP contribution in [0.1, 0.15) is 38.9 Å². The lowest BCUT2D eigenvalue weighted by Crippen LogP contribution is -2.63. The van der Waals surface area contributed by atoms with Crippen LogP contribution in [0.4, 0.5) is 8.78 Å². The molecule has 3 rings (SSSR count). The third kappa shape index (κ3) is 4.86. The van der Waals surface area contributed by atoms with Gasteiger partial charge in [0.1, 0.15) is 23.8 Å². The van der Waals surface area contributed by atoms with Crippen LogP contribution in [0.3, 0.4) is 0 Å². The highest BCUT2D eigenvalue weighted by Gasteiger charge is 2.40. The highest BCUT2D eigenvalue weighted by atomic mass is 19.1. The topological polar surface area (TPSA) is 76.8 Å². The van der Waals surface area contributed by atoms with E-state index >= 15 is 0 Å². The van der Waals surface area contributed by atoms with E-state index in [2.05, 4.69) is 10.2 Å². The molecule has 0 spiro atoms. The number of nitrogens with zero attached hydrogens (tertiary/aromatic N) is 1. The summed E-state index contributed by atoms with van der Waals surface area (Å²) in [6.07, 6.45) is -0.199. The number of ether oxygens (including phenoxy) is 2. The fraction of sp³-hybridized carbons (Fsp3) is 0.650. The molecule has 2 saturated heterocycles. The van der Waals surface area contributed by atoms with Gasteiger partial charge in [-0.2, -0.15) is 0 Å². The molecule has 28 heavy (non-hydrogen) atoms. The van der Waals surface area contributed by atoms with Crippen molar-refractivity contribution < 1.29 is 23.0 Å². The van der Waals surface area contributed by atoms with Gasteiger partial charge in [0.05, 0.1) is 18.8 Å². The van der Waals surface area contributed by atoms with Crippen LogP contribution >= 0.6 is 0 Å². The van der Waals surface area contributed by atoms with E-state index in [0.29, 0.717) is 19.5 Å². The average Bonchev–Trinajstić information content (AvgIpc) is 2.62. The standard InChI is InChI=1S/C20H29F2N3O3/c1-20(2,3)28-11-17-19(26)24-6-7-25(17)13-9-16(23)18(27-10-13)14-8-12(21)4-5-15(14)22/h4-5,8,13,16-18H,6-7,9-11,23H2,1-3H3,(H,24,26)/t13-,16+,17-,18?/m1/s1. The molecule has 8 heteroatoms. The van der Waals surface area contributed by atoms with Gasteiger partial charge < -0.3 is 20.5 Å². The van der Waals surface area contributed by atoms with Gasteiger partial charge in [-0.15, -0.1) is 0 Å². The highest BCUT2D eigenvalue weighted by Crippen LogP contribution is 2.32. The maximum Gasteiger partial charge on any atom is 0.239 e. The molecule has 1 aromatic rings. The van der Waals surface area contributed by atoms with Crippen molar-refractivity contribution in [3.05, 3.63) is 35.4 Å². The van der Waals surface area contributed by atoms with Gasteiger partial charge in [0.15, 0.2) is 0 Å². The third-order valence-electron chi connectivity index (χ3n) is 5.18. The lowest BCUT2D eigenvalue weighted by Gasteiger charge is -2.45. The maximum atomic E-state index is 14.1. The van der Waals surface area contributed by atoms with Crippen LogP contribution in [0.15, 0.2) is 18.2 Å². The van der Waals surface area contributed by atoms with Crippen molar-refractivity contribution in [1.82, 2.24) is 10.2 Å². The van der Waals surface area contributed by atoms with Gasteiger partial charge in [-0.05, 0) is 45.4 Å². The van der Waals surface area contributed by atoms with Crippen LogP contribution in [0.25, 0.3) is 0 Å². The summed E-state index contributed by atoms with van der Waals surface area (Å²) in [5.41, 5.74) is 6.05. The highest BCUT2D eigenvalue weighted by molar-refractivity contribution is 5.82. The molecule has 0 aromatic heterocycles. The fourth-order valence-corrected chi connectivity index (χ4v) is 3.80. The second-order valence-corrected chi connectivity index (χ2v) is 8.44. The average molecular weight is 397 g/mol. The molecule has 2 aliphatic heterocycles. The molecule has 1 aromatic carbocycles. The number of nitrogens with one attached hydrogen (secondary N) is 1. The van der Waals surface area contributed by atoms with Crippen LogP contribution in [0, 0.1) is 11.6 Å². The van der Waals surface area contributed by atoms with Gasteiger partial charge in [-0.3, -0.25) is 9.69 Å². The van der Waals surface area contributed by atoms with Crippen molar-refractivity contribution in [3.63, 3.8) is 0 Å².